The molecule has 196 valence electrons. The molecule has 5 aromatic carbocycles. The molecule has 1 saturated heterocycles. The number of nitrogens with one attached hydrogen (secondary N) is 3. The van der Waals surface area contributed by atoms with Gasteiger partial charge in [0.15, 0.2) is 0 Å². The Bertz CT molecular complexity index is 1810. The number of carbonyl (C=O) groups excluding carboxylic acids is 1. The molecule has 1 atom stereocenters. The first-order valence-electron chi connectivity index (χ1n) is 13.1. The lowest BCUT2D eigenvalue weighted by molar-refractivity contribution is -0.117. The Morgan fingerprint density at radius 1 is 0.769 bits per heavy atom. The van der Waals surface area contributed by atoms with Gasteiger partial charge in [0.1, 0.15) is 0 Å². The summed E-state index contributed by atoms with van der Waals surface area (Å²) in [7, 11) is -3.88. The van der Waals surface area contributed by atoms with Crippen molar-refractivity contribution in [2.24, 2.45) is 0 Å². The summed E-state index contributed by atoms with van der Waals surface area (Å²) in [5.41, 5.74) is 3.56. The number of benzene rings is 5. The van der Waals surface area contributed by atoms with Gasteiger partial charge in [-0.2, -0.15) is 0 Å². The lowest BCUT2D eigenvalue weighted by Gasteiger charge is -2.21. The lowest BCUT2D eigenvalue weighted by atomic mass is 9.91. The summed E-state index contributed by atoms with van der Waals surface area (Å²) in [5.74, 6) is -0.0916. The number of amides is 1. The van der Waals surface area contributed by atoms with Crippen LogP contribution in [0.25, 0.3) is 32.7 Å². The van der Waals surface area contributed by atoms with Crippen LogP contribution < -0.4 is 15.4 Å². The van der Waals surface area contributed by atoms with Crippen molar-refractivity contribution in [2.45, 2.75) is 30.7 Å². The van der Waals surface area contributed by atoms with Crippen LogP contribution in [0.3, 0.4) is 0 Å². The van der Waals surface area contributed by atoms with E-state index in [0.717, 1.165) is 57.6 Å². The average molecular weight is 536 g/mol. The van der Waals surface area contributed by atoms with Gasteiger partial charge in [-0.25, -0.2) is 8.42 Å². The van der Waals surface area contributed by atoms with Crippen molar-refractivity contribution in [1.29, 1.82) is 0 Å². The lowest BCUT2D eigenvalue weighted by Crippen LogP contribution is -2.35. The summed E-state index contributed by atoms with van der Waals surface area (Å²) in [6, 6.07) is 30.0. The molecule has 6 nitrogen and oxygen atoms in total. The van der Waals surface area contributed by atoms with Gasteiger partial charge in [-0.3, -0.25) is 9.52 Å². The van der Waals surface area contributed by atoms with Gasteiger partial charge in [0.05, 0.1) is 16.6 Å². The van der Waals surface area contributed by atoms with Crippen LogP contribution in [0, 0.1) is 6.92 Å². The Morgan fingerprint density at radius 2 is 1.36 bits per heavy atom. The Balaban J connectivity index is 1.58. The van der Waals surface area contributed by atoms with Crippen LogP contribution in [0.5, 0.6) is 0 Å². The second-order valence-electron chi connectivity index (χ2n) is 9.98. The quantitative estimate of drug-likeness (QED) is 0.233. The summed E-state index contributed by atoms with van der Waals surface area (Å²) in [4.78, 5) is 13.4. The van der Waals surface area contributed by atoms with Crippen LogP contribution in [0.1, 0.15) is 18.4 Å². The van der Waals surface area contributed by atoms with Crippen molar-refractivity contribution in [1.82, 2.24) is 5.32 Å². The van der Waals surface area contributed by atoms with Crippen LogP contribution >= 0.6 is 0 Å². The van der Waals surface area contributed by atoms with Crippen molar-refractivity contribution in [2.75, 3.05) is 16.6 Å². The molecule has 0 aliphatic carbocycles. The zero-order valence-electron chi connectivity index (χ0n) is 21.6. The number of sulfonamides is 1. The molecule has 0 bridgehead atoms. The van der Waals surface area contributed by atoms with Gasteiger partial charge in [0.25, 0.3) is 10.0 Å². The van der Waals surface area contributed by atoms with E-state index >= 15 is 0 Å². The van der Waals surface area contributed by atoms with Gasteiger partial charge in [-0.05, 0) is 72.1 Å². The third-order valence-corrected chi connectivity index (χ3v) is 8.70. The van der Waals surface area contributed by atoms with Crippen molar-refractivity contribution in [3.8, 4) is 11.1 Å². The summed E-state index contributed by atoms with van der Waals surface area (Å²) in [5, 5.41) is 10.2. The van der Waals surface area contributed by atoms with E-state index < -0.39 is 10.0 Å². The van der Waals surface area contributed by atoms with E-state index in [4.69, 9.17) is 0 Å². The van der Waals surface area contributed by atoms with Gasteiger partial charge in [0, 0.05) is 16.8 Å². The van der Waals surface area contributed by atoms with E-state index in [0.29, 0.717) is 11.4 Å². The Labute approximate surface area is 228 Å². The fraction of sp³-hybridized carbons (Fsp3) is 0.156. The zero-order valence-corrected chi connectivity index (χ0v) is 22.4. The molecular weight excluding hydrogens is 506 g/mol. The molecule has 3 N–H and O–H groups in total. The van der Waals surface area contributed by atoms with Crippen molar-refractivity contribution >= 4 is 48.9 Å². The highest BCUT2D eigenvalue weighted by Crippen LogP contribution is 2.44. The zero-order chi connectivity index (χ0) is 27.0. The van der Waals surface area contributed by atoms with Crippen LogP contribution in [-0.2, 0) is 14.8 Å². The van der Waals surface area contributed by atoms with Gasteiger partial charge in [-0.1, -0.05) is 78.4 Å². The standard InChI is InChI=1S/C32H29N3O3S/c1-21-12-16-24(17-13-21)39(37,38)35-28-19-15-23-8-3-5-10-26(23)31(28)30-25-9-4-2-7-22(25)14-18-27(30)34-32(36)29-11-6-20-33-29/h2-5,7-10,12-19,29,33,35H,6,11,20H2,1H3,(H,34,36). The van der Waals surface area contributed by atoms with Crippen LogP contribution in [0.2, 0.25) is 0 Å². The minimum Gasteiger partial charge on any atom is -0.324 e. The number of carbonyl (C=O) groups is 1. The molecule has 0 spiro atoms. The summed E-state index contributed by atoms with van der Waals surface area (Å²) < 4.78 is 29.9. The number of hydrogen-bond acceptors (Lipinski definition) is 4. The molecule has 0 aromatic heterocycles. The molecule has 0 radical (unpaired) electrons. The maximum atomic E-state index is 13.5. The summed E-state index contributed by atoms with van der Waals surface area (Å²) in [6.45, 7) is 2.74. The predicted molar refractivity (Wildman–Crippen MR) is 159 cm³/mol. The van der Waals surface area contributed by atoms with E-state index in [2.05, 4.69) is 15.4 Å². The maximum absolute atomic E-state index is 13.5. The van der Waals surface area contributed by atoms with Gasteiger partial charge in [-0.15, -0.1) is 0 Å². The van der Waals surface area contributed by atoms with E-state index in [-0.39, 0.29) is 16.8 Å². The van der Waals surface area contributed by atoms with Gasteiger partial charge in [0.2, 0.25) is 5.91 Å². The van der Waals surface area contributed by atoms with E-state index in [1.165, 1.54) is 0 Å². The highest BCUT2D eigenvalue weighted by atomic mass is 32.2. The fourth-order valence-corrected chi connectivity index (χ4v) is 6.39. The molecule has 5 aromatic rings. The maximum Gasteiger partial charge on any atom is 0.261 e. The van der Waals surface area contributed by atoms with Gasteiger partial charge >= 0.3 is 0 Å². The van der Waals surface area contributed by atoms with E-state index in [1.807, 2.05) is 73.7 Å². The monoisotopic (exact) mass is 535 g/mol. The molecule has 39 heavy (non-hydrogen) atoms. The third kappa shape index (κ3) is 4.87. The largest absolute Gasteiger partial charge is 0.324 e. The van der Waals surface area contributed by atoms with Crippen LogP contribution in [0.4, 0.5) is 11.4 Å². The molecule has 1 heterocycles. The fourth-order valence-electron chi connectivity index (χ4n) is 5.32. The average Bonchev–Trinajstić information content (AvgIpc) is 3.49. The molecule has 7 heteroatoms. The molecule has 1 aliphatic heterocycles. The first-order valence-corrected chi connectivity index (χ1v) is 14.6. The Morgan fingerprint density at radius 3 is 1.97 bits per heavy atom. The minimum atomic E-state index is -3.88. The van der Waals surface area contributed by atoms with Crippen molar-refractivity contribution < 1.29 is 13.2 Å². The molecule has 1 amide bonds. The number of fused-ring (bicyclic) bond motifs is 2. The summed E-state index contributed by atoms with van der Waals surface area (Å²) >= 11 is 0. The summed E-state index contributed by atoms with van der Waals surface area (Å²) in [6.07, 6.45) is 1.74. The highest BCUT2D eigenvalue weighted by Gasteiger charge is 2.25. The second-order valence-corrected chi connectivity index (χ2v) is 11.7. The van der Waals surface area contributed by atoms with Gasteiger partial charge < -0.3 is 10.6 Å². The first kappa shape index (κ1) is 25.1. The SMILES string of the molecule is Cc1ccc(S(=O)(=O)Nc2ccc3ccccc3c2-c2c(NC(=O)C3CCCN3)ccc3ccccc23)cc1. The van der Waals surface area contributed by atoms with Crippen LogP contribution in [-0.4, -0.2) is 26.9 Å². The second kappa shape index (κ2) is 10.2. The Kier molecular flexibility index (Phi) is 6.54. The Hall–Kier alpha value is -4.20. The predicted octanol–water partition coefficient (Wildman–Crippen LogP) is 6.46. The number of hydrogen-bond donors (Lipinski definition) is 3. The van der Waals surface area contributed by atoms with E-state index in [9.17, 15) is 13.2 Å². The highest BCUT2D eigenvalue weighted by molar-refractivity contribution is 7.92. The number of aryl methyl sites for hydroxylation is 1. The number of anilines is 2. The first-order chi connectivity index (χ1) is 18.9. The molecule has 6 rings (SSSR count). The van der Waals surface area contributed by atoms with Crippen LogP contribution in [0.15, 0.2) is 102 Å². The molecule has 1 fully saturated rings. The van der Waals surface area contributed by atoms with E-state index in [1.54, 1.807) is 30.3 Å². The smallest absolute Gasteiger partial charge is 0.261 e. The number of rotatable bonds is 6. The molecule has 0 saturated carbocycles. The third-order valence-electron chi connectivity index (χ3n) is 7.32. The normalized spacial score (nSPS) is 15.5. The molecule has 1 unspecified atom stereocenters. The van der Waals surface area contributed by atoms with Crippen molar-refractivity contribution in [3.63, 3.8) is 0 Å². The topological polar surface area (TPSA) is 87.3 Å². The minimum absolute atomic E-state index is 0.0916. The molecule has 1 aliphatic rings. The van der Waals surface area contributed by atoms with Crippen molar-refractivity contribution in [3.05, 3.63) is 103 Å². The molecular formula is C32H29N3O3S.